The van der Waals surface area contributed by atoms with Crippen molar-refractivity contribution >= 4 is 18.4 Å². The van der Waals surface area contributed by atoms with Crippen molar-refractivity contribution < 1.29 is 14.6 Å². The first kappa shape index (κ1) is 16.7. The highest BCUT2D eigenvalue weighted by Gasteiger charge is 2.28. The molecule has 5 heteroatoms. The molecule has 0 spiro atoms. The van der Waals surface area contributed by atoms with Crippen molar-refractivity contribution in [1.29, 1.82) is 0 Å². The van der Waals surface area contributed by atoms with Gasteiger partial charge in [-0.2, -0.15) is 0 Å². The molecule has 1 unspecified atom stereocenters. The van der Waals surface area contributed by atoms with Gasteiger partial charge in [-0.25, -0.2) is 0 Å². The zero-order valence-electron chi connectivity index (χ0n) is 11.7. The van der Waals surface area contributed by atoms with Crippen LogP contribution in [0.25, 0.3) is 0 Å². The maximum absolute atomic E-state index is 11.0. The average molecular weight is 292 g/mol. The first-order valence-corrected chi connectivity index (χ1v) is 7.22. The molecule has 1 aliphatic carbocycles. The molecule has 0 aromatic rings. The molecule has 0 amide bonds. The van der Waals surface area contributed by atoms with Crippen molar-refractivity contribution in [3.63, 3.8) is 0 Å². The van der Waals surface area contributed by atoms with Crippen LogP contribution in [0.5, 0.6) is 0 Å². The molecule has 0 radical (unpaired) electrons. The van der Waals surface area contributed by atoms with E-state index in [1.165, 1.54) is 12.8 Å². The van der Waals surface area contributed by atoms with Crippen LogP contribution in [0.2, 0.25) is 0 Å². The quantitative estimate of drug-likeness (QED) is 0.846. The molecule has 1 aliphatic heterocycles. The van der Waals surface area contributed by atoms with Crippen LogP contribution in [0.15, 0.2) is 0 Å². The SMILES string of the molecule is CC1CCC(N(CC(=O)O)CC2CCCO2)CC1.Cl. The van der Waals surface area contributed by atoms with Crippen molar-refractivity contribution in [3.05, 3.63) is 0 Å². The Hall–Kier alpha value is -0.320. The van der Waals surface area contributed by atoms with Crippen molar-refractivity contribution in [2.24, 2.45) is 5.92 Å². The molecule has 1 saturated carbocycles. The van der Waals surface area contributed by atoms with Crippen molar-refractivity contribution in [3.8, 4) is 0 Å². The number of halogens is 1. The van der Waals surface area contributed by atoms with E-state index in [0.29, 0.717) is 6.04 Å². The van der Waals surface area contributed by atoms with Crippen LogP contribution in [0.4, 0.5) is 0 Å². The molecule has 1 N–H and O–H groups in total. The second kappa shape index (κ2) is 8.08. The highest BCUT2D eigenvalue weighted by molar-refractivity contribution is 5.85. The van der Waals surface area contributed by atoms with Crippen LogP contribution in [-0.2, 0) is 9.53 Å². The summed E-state index contributed by atoms with van der Waals surface area (Å²) in [7, 11) is 0. The summed E-state index contributed by atoms with van der Waals surface area (Å²) in [5.41, 5.74) is 0. The molecule has 1 atom stereocenters. The Balaban J connectivity index is 0.00000180. The Morgan fingerprint density at radius 3 is 2.47 bits per heavy atom. The van der Waals surface area contributed by atoms with Gasteiger partial charge in [0.1, 0.15) is 0 Å². The molecule has 2 rings (SSSR count). The lowest BCUT2D eigenvalue weighted by molar-refractivity contribution is -0.139. The fourth-order valence-corrected chi connectivity index (χ4v) is 3.17. The van der Waals surface area contributed by atoms with Gasteiger partial charge >= 0.3 is 5.97 Å². The lowest BCUT2D eigenvalue weighted by atomic mass is 9.86. The highest BCUT2D eigenvalue weighted by Crippen LogP contribution is 2.28. The number of ether oxygens (including phenoxy) is 1. The summed E-state index contributed by atoms with van der Waals surface area (Å²) in [5.74, 6) is 0.0854. The summed E-state index contributed by atoms with van der Waals surface area (Å²) in [4.78, 5) is 13.2. The van der Waals surface area contributed by atoms with E-state index in [0.717, 1.165) is 44.8 Å². The zero-order chi connectivity index (χ0) is 13.0. The number of rotatable bonds is 5. The third-order valence-electron chi connectivity index (χ3n) is 4.30. The summed E-state index contributed by atoms with van der Waals surface area (Å²) in [6.45, 7) is 4.09. The molecule has 112 valence electrons. The smallest absolute Gasteiger partial charge is 0.317 e. The van der Waals surface area contributed by atoms with Gasteiger partial charge in [-0.05, 0) is 44.4 Å². The molecule has 2 aliphatic rings. The monoisotopic (exact) mass is 291 g/mol. The predicted molar refractivity (Wildman–Crippen MR) is 76.9 cm³/mol. The summed E-state index contributed by atoms with van der Waals surface area (Å²) < 4.78 is 5.64. The Labute approximate surface area is 121 Å². The van der Waals surface area contributed by atoms with Gasteiger partial charge in [0.15, 0.2) is 0 Å². The zero-order valence-corrected chi connectivity index (χ0v) is 12.5. The second-order valence-electron chi connectivity index (χ2n) is 5.87. The molecule has 2 fully saturated rings. The maximum atomic E-state index is 11.0. The average Bonchev–Trinajstić information content (AvgIpc) is 2.81. The third kappa shape index (κ3) is 5.28. The summed E-state index contributed by atoms with van der Waals surface area (Å²) in [6.07, 6.45) is 7.19. The van der Waals surface area contributed by atoms with Crippen molar-refractivity contribution in [2.45, 2.75) is 57.6 Å². The van der Waals surface area contributed by atoms with Crippen LogP contribution in [0.1, 0.15) is 45.4 Å². The lowest BCUT2D eigenvalue weighted by Crippen LogP contribution is -2.44. The van der Waals surface area contributed by atoms with E-state index in [4.69, 9.17) is 9.84 Å². The van der Waals surface area contributed by atoms with Gasteiger partial charge in [-0.15, -0.1) is 12.4 Å². The highest BCUT2D eigenvalue weighted by atomic mass is 35.5. The van der Waals surface area contributed by atoms with Gasteiger partial charge in [0.2, 0.25) is 0 Å². The van der Waals surface area contributed by atoms with Gasteiger partial charge in [-0.1, -0.05) is 6.92 Å². The van der Waals surface area contributed by atoms with Crippen LogP contribution in [0.3, 0.4) is 0 Å². The Bertz CT molecular complexity index is 274. The maximum Gasteiger partial charge on any atom is 0.317 e. The fourth-order valence-electron chi connectivity index (χ4n) is 3.17. The number of carbonyl (C=O) groups is 1. The van der Waals surface area contributed by atoms with E-state index < -0.39 is 5.97 Å². The van der Waals surface area contributed by atoms with Crippen LogP contribution >= 0.6 is 12.4 Å². The van der Waals surface area contributed by atoms with E-state index >= 15 is 0 Å². The Morgan fingerprint density at radius 1 is 1.26 bits per heavy atom. The van der Waals surface area contributed by atoms with E-state index in [2.05, 4.69) is 11.8 Å². The van der Waals surface area contributed by atoms with E-state index in [-0.39, 0.29) is 25.1 Å². The van der Waals surface area contributed by atoms with Crippen molar-refractivity contribution in [2.75, 3.05) is 19.7 Å². The third-order valence-corrected chi connectivity index (χ3v) is 4.30. The number of carboxylic acids is 1. The molecular weight excluding hydrogens is 266 g/mol. The molecule has 1 heterocycles. The van der Waals surface area contributed by atoms with Crippen LogP contribution in [-0.4, -0.2) is 47.8 Å². The lowest BCUT2D eigenvalue weighted by Gasteiger charge is -2.36. The first-order valence-electron chi connectivity index (χ1n) is 7.22. The molecule has 1 saturated heterocycles. The molecule has 0 aromatic heterocycles. The molecule has 0 aromatic carbocycles. The normalized spacial score (nSPS) is 31.2. The van der Waals surface area contributed by atoms with E-state index in [1.54, 1.807) is 0 Å². The van der Waals surface area contributed by atoms with Gasteiger partial charge in [-0.3, -0.25) is 9.69 Å². The number of hydrogen-bond acceptors (Lipinski definition) is 3. The number of nitrogens with zero attached hydrogens (tertiary/aromatic N) is 1. The standard InChI is InChI=1S/C14H25NO3.ClH/c1-11-4-6-12(7-5-11)15(10-14(16)17)9-13-3-2-8-18-13;/h11-13H,2-10H2,1H3,(H,16,17);1H. The Morgan fingerprint density at radius 2 is 1.95 bits per heavy atom. The molecule has 4 nitrogen and oxygen atoms in total. The van der Waals surface area contributed by atoms with Gasteiger partial charge in [0, 0.05) is 19.2 Å². The molecule has 19 heavy (non-hydrogen) atoms. The molecule has 0 bridgehead atoms. The minimum atomic E-state index is -0.716. The first-order chi connectivity index (χ1) is 8.65. The number of hydrogen-bond donors (Lipinski definition) is 1. The summed E-state index contributed by atoms with van der Waals surface area (Å²) in [5, 5.41) is 9.06. The largest absolute Gasteiger partial charge is 0.480 e. The van der Waals surface area contributed by atoms with E-state index in [1.807, 2.05) is 0 Å². The fraction of sp³-hybridized carbons (Fsp3) is 0.929. The van der Waals surface area contributed by atoms with Gasteiger partial charge in [0.05, 0.1) is 12.6 Å². The number of aliphatic carboxylic acids is 1. The van der Waals surface area contributed by atoms with Crippen LogP contribution in [0, 0.1) is 5.92 Å². The van der Waals surface area contributed by atoms with Gasteiger partial charge < -0.3 is 9.84 Å². The predicted octanol–water partition coefficient (Wildman–Crippen LogP) is 2.55. The topological polar surface area (TPSA) is 49.8 Å². The van der Waals surface area contributed by atoms with E-state index in [9.17, 15) is 4.79 Å². The summed E-state index contributed by atoms with van der Waals surface area (Å²) in [6, 6.07) is 0.446. The second-order valence-corrected chi connectivity index (χ2v) is 5.87. The minimum absolute atomic E-state index is 0. The molecular formula is C14H26ClNO3. The Kier molecular flexibility index (Phi) is 7.11. The van der Waals surface area contributed by atoms with Gasteiger partial charge in [0.25, 0.3) is 0 Å². The number of carboxylic acid groups (broad SMARTS) is 1. The van der Waals surface area contributed by atoms with Crippen molar-refractivity contribution in [1.82, 2.24) is 4.90 Å². The van der Waals surface area contributed by atoms with Crippen LogP contribution < -0.4 is 0 Å². The summed E-state index contributed by atoms with van der Waals surface area (Å²) >= 11 is 0. The minimum Gasteiger partial charge on any atom is -0.480 e.